The zero-order valence-corrected chi connectivity index (χ0v) is 9.78. The highest BCUT2D eigenvalue weighted by molar-refractivity contribution is 5.70. The van der Waals surface area contributed by atoms with Crippen molar-refractivity contribution in [1.82, 2.24) is 0 Å². The Hall–Kier alpha value is -0.910. The first-order valence-corrected chi connectivity index (χ1v) is 5.31. The molecule has 0 aromatic carbocycles. The van der Waals surface area contributed by atoms with Gasteiger partial charge in [0.25, 0.3) is 0 Å². The van der Waals surface area contributed by atoms with Crippen LogP contribution < -0.4 is 0 Å². The molecule has 0 aromatic heterocycles. The highest BCUT2D eigenvalue weighted by atomic mass is 16.6. The molecule has 0 aromatic rings. The van der Waals surface area contributed by atoms with E-state index >= 15 is 0 Å². The lowest BCUT2D eigenvalue weighted by atomic mass is 10.6. The second kappa shape index (κ2) is 12.2. The van der Waals surface area contributed by atoms with E-state index in [1.54, 1.807) is 13.0 Å². The van der Waals surface area contributed by atoms with Crippen molar-refractivity contribution in [2.75, 3.05) is 46.2 Å². The molecule has 16 heavy (non-hydrogen) atoms. The number of hydrogen-bond donors (Lipinski definition) is 0. The van der Waals surface area contributed by atoms with Crippen molar-refractivity contribution in [3.05, 3.63) is 12.7 Å². The van der Waals surface area contributed by atoms with E-state index in [1.165, 1.54) is 0 Å². The van der Waals surface area contributed by atoms with Crippen molar-refractivity contribution >= 4 is 5.97 Å². The summed E-state index contributed by atoms with van der Waals surface area (Å²) in [5.41, 5.74) is 0. The van der Waals surface area contributed by atoms with Gasteiger partial charge in [-0.1, -0.05) is 6.08 Å². The average molecular weight is 232 g/mol. The fourth-order valence-corrected chi connectivity index (χ4v) is 0.863. The molecule has 94 valence electrons. The minimum atomic E-state index is -0.350. The van der Waals surface area contributed by atoms with Gasteiger partial charge in [0, 0.05) is 0 Å². The van der Waals surface area contributed by atoms with Gasteiger partial charge in [-0.25, -0.2) is 4.79 Å². The summed E-state index contributed by atoms with van der Waals surface area (Å²) in [7, 11) is 0. The predicted molar refractivity (Wildman–Crippen MR) is 59.3 cm³/mol. The molecule has 0 heterocycles. The highest BCUT2D eigenvalue weighted by Crippen LogP contribution is 1.84. The van der Waals surface area contributed by atoms with Gasteiger partial charge in [-0.05, 0) is 6.92 Å². The summed E-state index contributed by atoms with van der Waals surface area (Å²) in [5, 5.41) is 0. The molecule has 0 amide bonds. The molecule has 0 bridgehead atoms. The molecule has 0 atom stereocenters. The maximum atomic E-state index is 10.8. The Morgan fingerprint density at radius 1 is 1.12 bits per heavy atom. The van der Waals surface area contributed by atoms with Crippen molar-refractivity contribution in [3.63, 3.8) is 0 Å². The van der Waals surface area contributed by atoms with Crippen LogP contribution in [0.5, 0.6) is 0 Å². The summed E-state index contributed by atoms with van der Waals surface area (Å²) in [4.78, 5) is 10.8. The van der Waals surface area contributed by atoms with Crippen LogP contribution in [0.15, 0.2) is 12.7 Å². The molecule has 5 nitrogen and oxygen atoms in total. The van der Waals surface area contributed by atoms with E-state index in [1.807, 2.05) is 0 Å². The Morgan fingerprint density at radius 3 is 2.38 bits per heavy atom. The highest BCUT2D eigenvalue weighted by Gasteiger charge is 2.00. The van der Waals surface area contributed by atoms with Crippen molar-refractivity contribution < 1.29 is 23.7 Å². The summed E-state index contributed by atoms with van der Waals surface area (Å²) >= 11 is 0. The molecule has 0 fully saturated rings. The molecule has 0 aliphatic heterocycles. The van der Waals surface area contributed by atoms with E-state index < -0.39 is 0 Å². The number of carbonyl (C=O) groups is 1. The smallest absolute Gasteiger partial charge is 0.332 e. The molecule has 0 spiro atoms. The Labute approximate surface area is 96.3 Å². The van der Waals surface area contributed by atoms with E-state index in [9.17, 15) is 4.79 Å². The molecule has 0 N–H and O–H groups in total. The lowest BCUT2D eigenvalue weighted by Gasteiger charge is -2.05. The van der Waals surface area contributed by atoms with Crippen LogP contribution in [0.3, 0.4) is 0 Å². The number of ether oxygens (including phenoxy) is 4. The van der Waals surface area contributed by atoms with Gasteiger partial charge in [0.15, 0.2) is 0 Å². The van der Waals surface area contributed by atoms with Crippen LogP contribution in [0, 0.1) is 0 Å². The summed E-state index contributed by atoms with van der Waals surface area (Å²) in [5.74, 6) is -0.350. The first kappa shape index (κ1) is 15.1. The lowest BCUT2D eigenvalue weighted by Crippen LogP contribution is -2.15. The third-order valence-electron chi connectivity index (χ3n) is 1.50. The maximum Gasteiger partial charge on any atom is 0.332 e. The summed E-state index contributed by atoms with van der Waals surface area (Å²) in [6, 6.07) is 0. The van der Waals surface area contributed by atoms with Gasteiger partial charge in [-0.2, -0.15) is 0 Å². The molecular formula is C11H20O5. The SMILES string of the molecule is C=CCOCCOCCOCC(=O)OCC. The molecule has 0 rings (SSSR count). The first-order valence-electron chi connectivity index (χ1n) is 5.31. The molecule has 0 aliphatic rings. The topological polar surface area (TPSA) is 54.0 Å². The van der Waals surface area contributed by atoms with Crippen molar-refractivity contribution in [2.45, 2.75) is 6.92 Å². The molecule has 5 heteroatoms. The fourth-order valence-electron chi connectivity index (χ4n) is 0.863. The average Bonchev–Trinajstić information content (AvgIpc) is 2.27. The molecule has 0 saturated carbocycles. The van der Waals surface area contributed by atoms with Crippen LogP contribution in [0.2, 0.25) is 0 Å². The molecule has 0 saturated heterocycles. The van der Waals surface area contributed by atoms with Crippen molar-refractivity contribution in [1.29, 1.82) is 0 Å². The Balaban J connectivity index is 3.03. The molecule has 0 aliphatic carbocycles. The second-order valence-electron chi connectivity index (χ2n) is 2.83. The van der Waals surface area contributed by atoms with Crippen LogP contribution in [0.1, 0.15) is 6.92 Å². The Morgan fingerprint density at radius 2 is 1.75 bits per heavy atom. The van der Waals surface area contributed by atoms with Crippen LogP contribution in [0.4, 0.5) is 0 Å². The van der Waals surface area contributed by atoms with Gasteiger partial charge in [-0.15, -0.1) is 6.58 Å². The van der Waals surface area contributed by atoms with Crippen molar-refractivity contribution in [2.24, 2.45) is 0 Å². The van der Waals surface area contributed by atoms with Gasteiger partial charge < -0.3 is 18.9 Å². The van der Waals surface area contributed by atoms with Crippen molar-refractivity contribution in [3.8, 4) is 0 Å². The van der Waals surface area contributed by atoms with Gasteiger partial charge in [0.1, 0.15) is 6.61 Å². The minimum Gasteiger partial charge on any atom is -0.464 e. The van der Waals surface area contributed by atoms with Gasteiger partial charge in [0.2, 0.25) is 0 Å². The number of carbonyl (C=O) groups excluding carboxylic acids is 1. The zero-order chi connectivity index (χ0) is 12.1. The predicted octanol–water partition coefficient (Wildman–Crippen LogP) is 0.785. The van der Waals surface area contributed by atoms with E-state index in [0.29, 0.717) is 39.6 Å². The van der Waals surface area contributed by atoms with E-state index in [0.717, 1.165) is 0 Å². The summed E-state index contributed by atoms with van der Waals surface area (Å²) in [6.07, 6.45) is 1.68. The lowest BCUT2D eigenvalue weighted by molar-refractivity contribution is -0.148. The number of hydrogen-bond acceptors (Lipinski definition) is 5. The number of rotatable bonds is 11. The third kappa shape index (κ3) is 11.2. The third-order valence-corrected chi connectivity index (χ3v) is 1.50. The van der Waals surface area contributed by atoms with E-state index in [4.69, 9.17) is 14.2 Å². The molecule has 0 unspecified atom stereocenters. The quantitative estimate of drug-likeness (QED) is 0.299. The van der Waals surface area contributed by atoms with Gasteiger partial charge >= 0.3 is 5.97 Å². The monoisotopic (exact) mass is 232 g/mol. The Kier molecular flexibility index (Phi) is 11.5. The fraction of sp³-hybridized carbons (Fsp3) is 0.727. The first-order chi connectivity index (χ1) is 7.81. The van der Waals surface area contributed by atoms with Crippen LogP contribution in [-0.2, 0) is 23.7 Å². The molecule has 0 radical (unpaired) electrons. The zero-order valence-electron chi connectivity index (χ0n) is 9.78. The Bertz CT molecular complexity index is 181. The number of esters is 1. The largest absolute Gasteiger partial charge is 0.464 e. The van der Waals surface area contributed by atoms with Crippen LogP contribution >= 0.6 is 0 Å². The second-order valence-corrected chi connectivity index (χ2v) is 2.83. The van der Waals surface area contributed by atoms with Crippen LogP contribution in [-0.4, -0.2) is 52.2 Å². The standard InChI is InChI=1S/C11H20O5/c1-3-5-13-6-7-14-8-9-15-10-11(12)16-4-2/h3H,1,4-10H2,2H3. The normalized spacial score (nSPS) is 10.1. The van der Waals surface area contributed by atoms with Gasteiger partial charge in [0.05, 0.1) is 39.6 Å². The van der Waals surface area contributed by atoms with Crippen LogP contribution in [0.25, 0.3) is 0 Å². The summed E-state index contributed by atoms with van der Waals surface area (Å²) in [6.45, 7) is 8.02. The van der Waals surface area contributed by atoms with E-state index in [2.05, 4.69) is 11.3 Å². The van der Waals surface area contributed by atoms with E-state index in [-0.39, 0.29) is 12.6 Å². The van der Waals surface area contributed by atoms with Gasteiger partial charge in [-0.3, -0.25) is 0 Å². The minimum absolute atomic E-state index is 0.0236. The molecular weight excluding hydrogens is 212 g/mol. The maximum absolute atomic E-state index is 10.8. The summed E-state index contributed by atoms with van der Waals surface area (Å²) < 4.78 is 20.0.